The summed E-state index contributed by atoms with van der Waals surface area (Å²) in [7, 11) is 0. The molecule has 0 fully saturated rings. The van der Waals surface area contributed by atoms with E-state index in [1.165, 1.54) is 6.07 Å². The van der Waals surface area contributed by atoms with Crippen molar-refractivity contribution in [2.75, 3.05) is 6.61 Å². The molecular weight excluding hydrogens is 297 g/mol. The van der Waals surface area contributed by atoms with Gasteiger partial charge in [0.2, 0.25) is 0 Å². The van der Waals surface area contributed by atoms with Crippen LogP contribution in [0.3, 0.4) is 0 Å². The van der Waals surface area contributed by atoms with Gasteiger partial charge in [-0.15, -0.1) is 0 Å². The number of hydrogen-bond acceptors (Lipinski definition) is 2. The topological polar surface area (TPSA) is 35.2 Å². The van der Waals surface area contributed by atoms with Crippen molar-refractivity contribution in [3.05, 3.63) is 34.1 Å². The highest BCUT2D eigenvalue weighted by Gasteiger charge is 2.31. The number of benzene rings is 1. The molecule has 0 aromatic heterocycles. The molecule has 2 atom stereocenters. The van der Waals surface area contributed by atoms with Crippen molar-refractivity contribution >= 4 is 15.9 Å². The predicted molar refractivity (Wildman–Crippen MR) is 76.1 cm³/mol. The van der Waals surface area contributed by atoms with Crippen LogP contribution < -0.4 is 5.73 Å². The molecule has 0 aliphatic carbocycles. The molecule has 0 saturated heterocycles. The van der Waals surface area contributed by atoms with Crippen LogP contribution >= 0.6 is 15.9 Å². The van der Waals surface area contributed by atoms with Gasteiger partial charge in [-0.25, -0.2) is 4.39 Å². The van der Waals surface area contributed by atoms with Gasteiger partial charge in [-0.1, -0.05) is 28.9 Å². The summed E-state index contributed by atoms with van der Waals surface area (Å²) in [6.45, 7) is 6.58. The Labute approximate surface area is 117 Å². The monoisotopic (exact) mass is 317 g/mol. The Morgan fingerprint density at radius 3 is 2.61 bits per heavy atom. The Morgan fingerprint density at radius 2 is 2.11 bits per heavy atom. The van der Waals surface area contributed by atoms with E-state index in [2.05, 4.69) is 15.9 Å². The normalized spacial score (nSPS) is 16.3. The summed E-state index contributed by atoms with van der Waals surface area (Å²) in [5, 5.41) is 0. The van der Waals surface area contributed by atoms with Crippen molar-refractivity contribution in [2.24, 2.45) is 5.73 Å². The Balaban J connectivity index is 2.82. The fraction of sp³-hybridized carbons (Fsp3) is 0.571. The van der Waals surface area contributed by atoms with Crippen LogP contribution in [0.4, 0.5) is 4.39 Å². The van der Waals surface area contributed by atoms with Crippen LogP contribution in [0.15, 0.2) is 22.7 Å². The van der Waals surface area contributed by atoms with Crippen LogP contribution in [0.25, 0.3) is 0 Å². The molecular formula is C14H21BrFNO. The second-order valence-corrected chi connectivity index (χ2v) is 5.56. The maximum atomic E-state index is 13.8. The highest BCUT2D eigenvalue weighted by Crippen LogP contribution is 2.23. The molecule has 18 heavy (non-hydrogen) atoms. The number of halogens is 2. The number of nitrogens with two attached hydrogens (primary N) is 1. The largest absolute Gasteiger partial charge is 0.374 e. The van der Waals surface area contributed by atoms with Gasteiger partial charge in [0.15, 0.2) is 0 Å². The van der Waals surface area contributed by atoms with Gasteiger partial charge in [-0.05, 0) is 44.4 Å². The van der Waals surface area contributed by atoms with Gasteiger partial charge in [-0.2, -0.15) is 0 Å². The molecule has 0 radical (unpaired) electrons. The molecule has 0 aliphatic rings. The summed E-state index contributed by atoms with van der Waals surface area (Å²) in [6, 6.07) is 4.83. The second kappa shape index (κ2) is 6.64. The van der Waals surface area contributed by atoms with Crippen molar-refractivity contribution in [3.8, 4) is 0 Å². The minimum Gasteiger partial charge on any atom is -0.374 e. The molecule has 0 amide bonds. The highest BCUT2D eigenvalue weighted by atomic mass is 79.9. The lowest BCUT2D eigenvalue weighted by Crippen LogP contribution is -2.48. The third-order valence-electron chi connectivity index (χ3n) is 3.42. The van der Waals surface area contributed by atoms with Gasteiger partial charge in [0.25, 0.3) is 0 Å². The van der Waals surface area contributed by atoms with Crippen LogP contribution in [0, 0.1) is 5.82 Å². The standard InChI is InChI=1S/C14H21BrFNO/c1-4-14(3,18-5-2)13(17)8-10-6-7-11(15)9-12(10)16/h6-7,9,13H,4-5,8,17H2,1-3H3. The van der Waals surface area contributed by atoms with Crippen molar-refractivity contribution in [1.82, 2.24) is 0 Å². The number of ether oxygens (including phenoxy) is 1. The smallest absolute Gasteiger partial charge is 0.127 e. The number of rotatable bonds is 6. The Kier molecular flexibility index (Phi) is 5.76. The summed E-state index contributed by atoms with van der Waals surface area (Å²) in [5.41, 5.74) is 6.41. The zero-order valence-corrected chi connectivity index (χ0v) is 12.8. The molecule has 0 heterocycles. The van der Waals surface area contributed by atoms with Gasteiger partial charge in [0.05, 0.1) is 5.60 Å². The van der Waals surface area contributed by atoms with E-state index in [9.17, 15) is 4.39 Å². The van der Waals surface area contributed by atoms with E-state index in [1.807, 2.05) is 26.8 Å². The summed E-state index contributed by atoms with van der Waals surface area (Å²) in [4.78, 5) is 0. The van der Waals surface area contributed by atoms with E-state index in [0.29, 0.717) is 18.6 Å². The SMILES string of the molecule is CCOC(C)(CC)C(N)Cc1ccc(Br)cc1F. The lowest BCUT2D eigenvalue weighted by Gasteiger charge is -2.34. The fourth-order valence-electron chi connectivity index (χ4n) is 1.94. The molecule has 2 N–H and O–H groups in total. The first-order valence-electron chi connectivity index (χ1n) is 6.26. The van der Waals surface area contributed by atoms with Gasteiger partial charge < -0.3 is 10.5 Å². The van der Waals surface area contributed by atoms with Gasteiger partial charge in [0.1, 0.15) is 5.82 Å². The fourth-order valence-corrected chi connectivity index (χ4v) is 2.27. The first kappa shape index (κ1) is 15.6. The van der Waals surface area contributed by atoms with Crippen LogP contribution in [-0.2, 0) is 11.2 Å². The van der Waals surface area contributed by atoms with Gasteiger partial charge in [-0.3, -0.25) is 0 Å². The first-order valence-corrected chi connectivity index (χ1v) is 7.05. The van der Waals surface area contributed by atoms with E-state index < -0.39 is 5.60 Å². The Morgan fingerprint density at radius 1 is 1.44 bits per heavy atom. The lowest BCUT2D eigenvalue weighted by molar-refractivity contribution is -0.0462. The summed E-state index contributed by atoms with van der Waals surface area (Å²) in [5.74, 6) is -0.227. The molecule has 1 aromatic rings. The lowest BCUT2D eigenvalue weighted by atomic mass is 9.89. The molecule has 2 nitrogen and oxygen atoms in total. The minimum absolute atomic E-state index is 0.224. The van der Waals surface area contributed by atoms with Crippen molar-refractivity contribution in [2.45, 2.75) is 45.3 Å². The van der Waals surface area contributed by atoms with E-state index in [1.54, 1.807) is 6.07 Å². The van der Waals surface area contributed by atoms with Crippen LogP contribution in [-0.4, -0.2) is 18.2 Å². The highest BCUT2D eigenvalue weighted by molar-refractivity contribution is 9.10. The maximum absolute atomic E-state index is 13.8. The van der Waals surface area contributed by atoms with E-state index in [0.717, 1.165) is 10.9 Å². The zero-order chi connectivity index (χ0) is 13.8. The summed E-state index contributed by atoms with van der Waals surface area (Å²) >= 11 is 3.24. The quantitative estimate of drug-likeness (QED) is 0.869. The molecule has 0 bridgehead atoms. The first-order chi connectivity index (χ1) is 8.42. The Bertz CT molecular complexity index is 399. The molecule has 102 valence electrons. The van der Waals surface area contributed by atoms with Crippen LogP contribution in [0.2, 0.25) is 0 Å². The van der Waals surface area contributed by atoms with Crippen molar-refractivity contribution in [1.29, 1.82) is 0 Å². The second-order valence-electron chi connectivity index (χ2n) is 4.65. The van der Waals surface area contributed by atoms with Gasteiger partial charge in [0, 0.05) is 17.1 Å². The average Bonchev–Trinajstić information content (AvgIpc) is 2.32. The summed E-state index contributed by atoms with van der Waals surface area (Å²) in [6.07, 6.45) is 1.28. The summed E-state index contributed by atoms with van der Waals surface area (Å²) < 4.78 is 20.2. The predicted octanol–water partition coefficient (Wildman–Crippen LogP) is 3.66. The van der Waals surface area contributed by atoms with E-state index >= 15 is 0 Å². The molecule has 0 aliphatic heterocycles. The third kappa shape index (κ3) is 3.77. The minimum atomic E-state index is -0.408. The van der Waals surface area contributed by atoms with Crippen LogP contribution in [0.1, 0.15) is 32.8 Å². The molecule has 0 saturated carbocycles. The molecule has 1 aromatic carbocycles. The third-order valence-corrected chi connectivity index (χ3v) is 3.91. The van der Waals surface area contributed by atoms with Crippen molar-refractivity contribution in [3.63, 3.8) is 0 Å². The molecule has 0 spiro atoms. The average molecular weight is 318 g/mol. The van der Waals surface area contributed by atoms with Crippen LogP contribution in [0.5, 0.6) is 0 Å². The Hall–Kier alpha value is -0.450. The number of hydrogen-bond donors (Lipinski definition) is 1. The molecule has 1 rings (SSSR count). The van der Waals surface area contributed by atoms with E-state index in [-0.39, 0.29) is 11.9 Å². The van der Waals surface area contributed by atoms with Crippen molar-refractivity contribution < 1.29 is 9.13 Å². The maximum Gasteiger partial charge on any atom is 0.127 e. The zero-order valence-electron chi connectivity index (χ0n) is 11.2. The van der Waals surface area contributed by atoms with Gasteiger partial charge >= 0.3 is 0 Å². The molecule has 2 unspecified atom stereocenters. The molecule has 4 heteroatoms. The van der Waals surface area contributed by atoms with E-state index in [4.69, 9.17) is 10.5 Å².